The summed E-state index contributed by atoms with van der Waals surface area (Å²) < 4.78 is 0. The van der Waals surface area contributed by atoms with Gasteiger partial charge in [-0.25, -0.2) is 9.78 Å². The molecule has 1 saturated carbocycles. The van der Waals surface area contributed by atoms with Crippen LogP contribution in [0.4, 0.5) is 5.95 Å². The molecule has 0 amide bonds. The van der Waals surface area contributed by atoms with Gasteiger partial charge in [0.2, 0.25) is 5.95 Å². The minimum Gasteiger partial charge on any atom is -0.480 e. The molecular formula is C13H14N4O2. The van der Waals surface area contributed by atoms with Crippen LogP contribution in [0.15, 0.2) is 24.3 Å². The van der Waals surface area contributed by atoms with Crippen LogP contribution in [0.5, 0.6) is 0 Å². The van der Waals surface area contributed by atoms with E-state index in [9.17, 15) is 9.90 Å². The lowest BCUT2D eigenvalue weighted by Gasteiger charge is -2.25. The number of fused-ring (bicyclic) bond motifs is 1. The van der Waals surface area contributed by atoms with Crippen molar-refractivity contribution in [1.82, 2.24) is 15.2 Å². The second-order valence-electron chi connectivity index (χ2n) is 5.03. The van der Waals surface area contributed by atoms with Gasteiger partial charge in [-0.1, -0.05) is 12.1 Å². The van der Waals surface area contributed by atoms with Crippen molar-refractivity contribution in [1.29, 1.82) is 0 Å². The zero-order valence-electron chi connectivity index (χ0n) is 10.5. The summed E-state index contributed by atoms with van der Waals surface area (Å²) in [6.07, 6.45) is 1.83. The summed E-state index contributed by atoms with van der Waals surface area (Å²) in [4.78, 5) is 15.7. The molecule has 2 aromatic rings. The van der Waals surface area contributed by atoms with Gasteiger partial charge < -0.3 is 10.4 Å². The van der Waals surface area contributed by atoms with Gasteiger partial charge in [0.25, 0.3) is 0 Å². The minimum absolute atomic E-state index is 0.125. The van der Waals surface area contributed by atoms with E-state index >= 15 is 0 Å². The van der Waals surface area contributed by atoms with E-state index in [1.54, 1.807) is 6.92 Å². The Labute approximate surface area is 109 Å². The van der Waals surface area contributed by atoms with E-state index in [1.165, 1.54) is 0 Å². The van der Waals surface area contributed by atoms with Crippen molar-refractivity contribution in [2.75, 3.05) is 5.32 Å². The number of nitrogens with one attached hydrogen (secondary N) is 1. The summed E-state index contributed by atoms with van der Waals surface area (Å²) in [6, 6.07) is 7.36. The summed E-state index contributed by atoms with van der Waals surface area (Å²) in [5.41, 5.74) is 0.365. The number of rotatable bonds is 4. The highest BCUT2D eigenvalue weighted by molar-refractivity contribution is 5.83. The Morgan fingerprint density at radius 3 is 2.63 bits per heavy atom. The van der Waals surface area contributed by atoms with Gasteiger partial charge in [0.15, 0.2) is 0 Å². The molecule has 0 aliphatic heterocycles. The first-order valence-corrected chi connectivity index (χ1v) is 6.20. The molecule has 0 radical (unpaired) electrons. The second-order valence-corrected chi connectivity index (χ2v) is 5.03. The third-order valence-corrected chi connectivity index (χ3v) is 3.57. The number of hydrogen-bond donors (Lipinski definition) is 2. The maximum atomic E-state index is 11.4. The van der Waals surface area contributed by atoms with Crippen molar-refractivity contribution in [3.8, 4) is 0 Å². The predicted molar refractivity (Wildman–Crippen MR) is 69.7 cm³/mol. The van der Waals surface area contributed by atoms with Crippen molar-refractivity contribution >= 4 is 23.0 Å². The van der Waals surface area contributed by atoms with Crippen LogP contribution in [-0.4, -0.2) is 31.8 Å². The van der Waals surface area contributed by atoms with Crippen LogP contribution < -0.4 is 5.32 Å². The fraction of sp³-hybridized carbons (Fsp3) is 0.385. The molecule has 0 saturated heterocycles. The molecule has 6 heteroatoms. The number of nitrogens with zero attached hydrogens (tertiary/aromatic N) is 3. The topological polar surface area (TPSA) is 88.0 Å². The van der Waals surface area contributed by atoms with E-state index in [0.717, 1.165) is 12.8 Å². The van der Waals surface area contributed by atoms with Crippen LogP contribution in [0.1, 0.15) is 19.8 Å². The van der Waals surface area contributed by atoms with E-state index in [1.807, 2.05) is 24.3 Å². The van der Waals surface area contributed by atoms with Gasteiger partial charge in [-0.05, 0) is 37.8 Å². The van der Waals surface area contributed by atoms with E-state index < -0.39 is 11.5 Å². The SMILES string of the molecule is CC(Nc1nnc2ccccc2n1)(C(=O)O)C1CC1. The third-order valence-electron chi connectivity index (χ3n) is 3.57. The molecule has 2 N–H and O–H groups in total. The first kappa shape index (κ1) is 11.8. The van der Waals surface area contributed by atoms with Gasteiger partial charge in [-0.3, -0.25) is 0 Å². The van der Waals surface area contributed by atoms with Crippen LogP contribution in [0.25, 0.3) is 11.0 Å². The fourth-order valence-corrected chi connectivity index (χ4v) is 2.16. The van der Waals surface area contributed by atoms with E-state index in [0.29, 0.717) is 11.0 Å². The normalized spacial score (nSPS) is 17.9. The van der Waals surface area contributed by atoms with Crippen molar-refractivity contribution in [3.63, 3.8) is 0 Å². The number of carbonyl (C=O) groups is 1. The van der Waals surface area contributed by atoms with Gasteiger partial charge in [-0.2, -0.15) is 0 Å². The molecular weight excluding hydrogens is 244 g/mol. The Morgan fingerprint density at radius 2 is 2.00 bits per heavy atom. The Bertz CT molecular complexity index is 641. The van der Waals surface area contributed by atoms with E-state index in [4.69, 9.17) is 0 Å². The van der Waals surface area contributed by atoms with Gasteiger partial charge in [0, 0.05) is 0 Å². The largest absolute Gasteiger partial charge is 0.480 e. The molecule has 1 atom stereocenters. The highest BCUT2D eigenvalue weighted by atomic mass is 16.4. The van der Waals surface area contributed by atoms with Crippen molar-refractivity contribution < 1.29 is 9.90 Å². The van der Waals surface area contributed by atoms with Crippen molar-refractivity contribution in [2.45, 2.75) is 25.3 Å². The summed E-state index contributed by atoms with van der Waals surface area (Å²) in [7, 11) is 0. The first-order chi connectivity index (χ1) is 9.09. The minimum atomic E-state index is -1.02. The van der Waals surface area contributed by atoms with E-state index in [-0.39, 0.29) is 11.9 Å². The van der Waals surface area contributed by atoms with Gasteiger partial charge in [-0.15, -0.1) is 10.2 Å². The zero-order valence-corrected chi connectivity index (χ0v) is 10.5. The van der Waals surface area contributed by atoms with E-state index in [2.05, 4.69) is 20.5 Å². The Balaban J connectivity index is 1.93. The molecule has 1 heterocycles. The van der Waals surface area contributed by atoms with Crippen molar-refractivity contribution in [3.05, 3.63) is 24.3 Å². The van der Waals surface area contributed by atoms with Crippen LogP contribution in [0, 0.1) is 5.92 Å². The average Bonchev–Trinajstić information content (AvgIpc) is 3.23. The molecule has 1 aromatic heterocycles. The lowest BCUT2D eigenvalue weighted by molar-refractivity contribution is -0.142. The molecule has 19 heavy (non-hydrogen) atoms. The Morgan fingerprint density at radius 1 is 1.32 bits per heavy atom. The molecule has 1 unspecified atom stereocenters. The van der Waals surface area contributed by atoms with Crippen LogP contribution >= 0.6 is 0 Å². The lowest BCUT2D eigenvalue weighted by atomic mass is 9.96. The summed E-state index contributed by atoms with van der Waals surface area (Å²) in [5, 5.41) is 20.3. The molecule has 1 aliphatic carbocycles. The molecule has 98 valence electrons. The van der Waals surface area contributed by atoms with Gasteiger partial charge in [0.05, 0.1) is 5.52 Å². The fourth-order valence-electron chi connectivity index (χ4n) is 2.16. The monoisotopic (exact) mass is 258 g/mol. The van der Waals surface area contributed by atoms with Gasteiger partial charge in [0.1, 0.15) is 11.1 Å². The number of hydrogen-bond acceptors (Lipinski definition) is 5. The maximum absolute atomic E-state index is 11.4. The molecule has 0 bridgehead atoms. The first-order valence-electron chi connectivity index (χ1n) is 6.20. The standard InChI is InChI=1S/C13H14N4O2/c1-13(11(18)19,8-6-7-8)15-12-14-9-4-2-3-5-10(9)16-17-12/h2-5,8H,6-7H2,1H3,(H,18,19)(H,14,15,17). The highest BCUT2D eigenvalue weighted by Gasteiger charge is 2.48. The number of aromatic nitrogens is 3. The van der Waals surface area contributed by atoms with Crippen LogP contribution in [0.3, 0.4) is 0 Å². The maximum Gasteiger partial charge on any atom is 0.329 e. The molecule has 3 rings (SSSR count). The number of carboxylic acids is 1. The summed E-state index contributed by atoms with van der Waals surface area (Å²) in [6.45, 7) is 1.67. The summed E-state index contributed by atoms with van der Waals surface area (Å²) >= 11 is 0. The van der Waals surface area contributed by atoms with Gasteiger partial charge >= 0.3 is 5.97 Å². The molecule has 1 aliphatic rings. The second kappa shape index (κ2) is 4.15. The Hall–Kier alpha value is -2.24. The molecule has 6 nitrogen and oxygen atoms in total. The summed E-state index contributed by atoms with van der Waals surface area (Å²) in [5.74, 6) is -0.498. The quantitative estimate of drug-likeness (QED) is 0.867. The number of benzene rings is 1. The number of anilines is 1. The Kier molecular flexibility index (Phi) is 2.58. The smallest absolute Gasteiger partial charge is 0.329 e. The van der Waals surface area contributed by atoms with Crippen LogP contribution in [-0.2, 0) is 4.79 Å². The molecule has 1 aromatic carbocycles. The van der Waals surface area contributed by atoms with Crippen LogP contribution in [0.2, 0.25) is 0 Å². The molecule has 1 fully saturated rings. The predicted octanol–water partition coefficient (Wildman–Crippen LogP) is 1.69. The highest BCUT2D eigenvalue weighted by Crippen LogP contribution is 2.41. The number of aliphatic carboxylic acids is 1. The lowest BCUT2D eigenvalue weighted by Crippen LogP contribution is -2.46. The third kappa shape index (κ3) is 2.09. The molecule has 0 spiro atoms. The number of carboxylic acid groups (broad SMARTS) is 1. The average molecular weight is 258 g/mol. The zero-order chi connectivity index (χ0) is 13.5. The van der Waals surface area contributed by atoms with Crippen molar-refractivity contribution in [2.24, 2.45) is 5.92 Å². The number of para-hydroxylation sites is 1.